The number of hydrogen-bond acceptors (Lipinski definition) is 3. The second kappa shape index (κ2) is 4.10. The number of hydrogen-bond donors (Lipinski definition) is 2. The number of amides is 1. The molecule has 0 spiro atoms. The SMILES string of the molecule is O=C1NC(=S)N/C1=C\C=C\c1ccco1. The van der Waals surface area contributed by atoms with Gasteiger partial charge in [0.1, 0.15) is 11.5 Å². The highest BCUT2D eigenvalue weighted by atomic mass is 32.1. The molecular formula is C10H8N2O2S. The number of furan rings is 1. The van der Waals surface area contributed by atoms with Gasteiger partial charge >= 0.3 is 0 Å². The Morgan fingerprint density at radius 1 is 1.40 bits per heavy atom. The normalized spacial score (nSPS) is 18.5. The van der Waals surface area contributed by atoms with Crippen molar-refractivity contribution in [3.05, 3.63) is 42.0 Å². The van der Waals surface area contributed by atoms with Crippen LogP contribution in [0.4, 0.5) is 0 Å². The van der Waals surface area contributed by atoms with E-state index in [-0.39, 0.29) is 5.91 Å². The van der Waals surface area contributed by atoms with Crippen LogP contribution in [0.15, 0.2) is 40.7 Å². The third-order valence-electron chi connectivity index (χ3n) is 1.79. The highest BCUT2D eigenvalue weighted by Crippen LogP contribution is 2.04. The topological polar surface area (TPSA) is 54.3 Å². The van der Waals surface area contributed by atoms with Crippen LogP contribution in [0.5, 0.6) is 0 Å². The Labute approximate surface area is 91.7 Å². The van der Waals surface area contributed by atoms with Crippen molar-refractivity contribution in [3.63, 3.8) is 0 Å². The van der Waals surface area contributed by atoms with E-state index in [0.29, 0.717) is 10.8 Å². The first kappa shape index (κ1) is 9.67. The summed E-state index contributed by atoms with van der Waals surface area (Å²) in [5, 5.41) is 5.53. The first-order chi connectivity index (χ1) is 7.25. The zero-order valence-electron chi connectivity index (χ0n) is 7.69. The molecule has 0 saturated carbocycles. The first-order valence-corrected chi connectivity index (χ1v) is 4.71. The summed E-state index contributed by atoms with van der Waals surface area (Å²) in [7, 11) is 0. The Kier molecular flexibility index (Phi) is 2.64. The molecule has 0 atom stereocenters. The Morgan fingerprint density at radius 2 is 2.27 bits per heavy atom. The highest BCUT2D eigenvalue weighted by Gasteiger charge is 2.18. The molecule has 1 aromatic heterocycles. The zero-order chi connectivity index (χ0) is 10.7. The smallest absolute Gasteiger partial charge is 0.273 e. The van der Waals surface area contributed by atoms with Gasteiger partial charge in [0.25, 0.3) is 5.91 Å². The minimum Gasteiger partial charge on any atom is -0.465 e. The molecule has 0 unspecified atom stereocenters. The first-order valence-electron chi connectivity index (χ1n) is 4.30. The maximum Gasteiger partial charge on any atom is 0.273 e. The fourth-order valence-corrected chi connectivity index (χ4v) is 1.33. The van der Waals surface area contributed by atoms with Crippen molar-refractivity contribution in [2.45, 2.75) is 0 Å². The zero-order valence-corrected chi connectivity index (χ0v) is 8.51. The van der Waals surface area contributed by atoms with Gasteiger partial charge in [-0.1, -0.05) is 6.08 Å². The van der Waals surface area contributed by atoms with Gasteiger partial charge in [0.2, 0.25) is 0 Å². The van der Waals surface area contributed by atoms with Gasteiger partial charge in [-0.2, -0.15) is 0 Å². The van der Waals surface area contributed by atoms with Gasteiger partial charge in [-0.15, -0.1) is 0 Å². The third-order valence-corrected chi connectivity index (χ3v) is 1.99. The van der Waals surface area contributed by atoms with Gasteiger partial charge in [-0.05, 0) is 36.5 Å². The highest BCUT2D eigenvalue weighted by molar-refractivity contribution is 7.80. The number of carbonyl (C=O) groups excluding carboxylic acids is 1. The molecule has 0 radical (unpaired) electrons. The fraction of sp³-hybridized carbons (Fsp3) is 0. The Bertz CT molecular complexity index is 446. The molecule has 1 saturated heterocycles. The van der Waals surface area contributed by atoms with Gasteiger partial charge in [0.15, 0.2) is 5.11 Å². The summed E-state index contributed by atoms with van der Waals surface area (Å²) in [6.45, 7) is 0. The molecule has 5 heteroatoms. The van der Waals surface area contributed by atoms with Crippen molar-refractivity contribution in [2.75, 3.05) is 0 Å². The molecule has 1 fully saturated rings. The Hall–Kier alpha value is -1.88. The number of rotatable bonds is 2. The number of carbonyl (C=O) groups is 1. The molecule has 2 heterocycles. The van der Waals surface area contributed by atoms with Crippen LogP contribution in [0, 0.1) is 0 Å². The van der Waals surface area contributed by atoms with Crippen LogP contribution in [0.1, 0.15) is 5.76 Å². The second-order valence-electron chi connectivity index (χ2n) is 2.86. The van der Waals surface area contributed by atoms with Gasteiger partial charge in [-0.25, -0.2) is 0 Å². The van der Waals surface area contributed by atoms with E-state index in [0.717, 1.165) is 5.76 Å². The summed E-state index contributed by atoms with van der Waals surface area (Å²) in [5.74, 6) is 0.511. The van der Waals surface area contributed by atoms with Gasteiger partial charge < -0.3 is 9.73 Å². The molecule has 1 aliphatic rings. The Morgan fingerprint density at radius 3 is 2.87 bits per heavy atom. The maximum absolute atomic E-state index is 11.2. The van der Waals surface area contributed by atoms with Crippen molar-refractivity contribution < 1.29 is 9.21 Å². The lowest BCUT2D eigenvalue weighted by molar-refractivity contribution is -0.115. The van der Waals surface area contributed by atoms with Crippen molar-refractivity contribution in [2.24, 2.45) is 0 Å². The summed E-state index contributed by atoms with van der Waals surface area (Å²) in [5.41, 5.74) is 0.433. The predicted octanol–water partition coefficient (Wildman–Crippen LogP) is 1.18. The van der Waals surface area contributed by atoms with Crippen LogP contribution in [0.3, 0.4) is 0 Å². The molecule has 2 rings (SSSR count). The lowest BCUT2D eigenvalue weighted by atomic mass is 10.3. The molecular weight excluding hydrogens is 212 g/mol. The van der Waals surface area contributed by atoms with Crippen molar-refractivity contribution in [3.8, 4) is 0 Å². The van der Waals surface area contributed by atoms with E-state index in [1.165, 1.54) is 0 Å². The van der Waals surface area contributed by atoms with Crippen LogP contribution in [-0.4, -0.2) is 11.0 Å². The lowest BCUT2D eigenvalue weighted by Gasteiger charge is -1.89. The average Bonchev–Trinajstić information content (AvgIpc) is 2.77. The number of thiocarbonyl (C=S) groups is 1. The maximum atomic E-state index is 11.2. The van der Waals surface area contributed by atoms with Crippen molar-refractivity contribution in [1.29, 1.82) is 0 Å². The average molecular weight is 220 g/mol. The van der Waals surface area contributed by atoms with Gasteiger partial charge in [0.05, 0.1) is 6.26 Å². The van der Waals surface area contributed by atoms with E-state index in [1.54, 1.807) is 30.6 Å². The molecule has 15 heavy (non-hydrogen) atoms. The van der Waals surface area contributed by atoms with Crippen LogP contribution in [0.2, 0.25) is 0 Å². The van der Waals surface area contributed by atoms with E-state index in [2.05, 4.69) is 10.6 Å². The summed E-state index contributed by atoms with van der Waals surface area (Å²) < 4.78 is 5.08. The molecule has 0 bridgehead atoms. The molecule has 4 nitrogen and oxygen atoms in total. The second-order valence-corrected chi connectivity index (χ2v) is 3.27. The summed E-state index contributed by atoms with van der Waals surface area (Å²) in [6, 6.07) is 3.62. The van der Waals surface area contributed by atoms with E-state index in [1.807, 2.05) is 6.07 Å². The molecule has 2 N–H and O–H groups in total. The predicted molar refractivity (Wildman–Crippen MR) is 59.7 cm³/mol. The van der Waals surface area contributed by atoms with Crippen molar-refractivity contribution in [1.82, 2.24) is 10.6 Å². The Balaban J connectivity index is 2.06. The standard InChI is InChI=1S/C10H8N2O2S/c13-9-8(11-10(15)12-9)5-1-3-7-4-2-6-14-7/h1-6H,(H2,11,12,13,15)/b3-1+,8-5-. The van der Waals surface area contributed by atoms with E-state index in [9.17, 15) is 4.79 Å². The molecule has 1 aromatic rings. The summed E-state index contributed by atoms with van der Waals surface area (Å²) >= 11 is 4.78. The van der Waals surface area contributed by atoms with Gasteiger partial charge in [0, 0.05) is 0 Å². The minimum absolute atomic E-state index is 0.218. The molecule has 0 aromatic carbocycles. The summed E-state index contributed by atoms with van der Waals surface area (Å²) in [6.07, 6.45) is 6.69. The number of allylic oxidation sites excluding steroid dienone is 2. The van der Waals surface area contributed by atoms with Crippen LogP contribution >= 0.6 is 12.2 Å². The van der Waals surface area contributed by atoms with Crippen LogP contribution in [-0.2, 0) is 4.79 Å². The fourth-order valence-electron chi connectivity index (χ4n) is 1.12. The number of nitrogens with one attached hydrogen (secondary N) is 2. The molecule has 1 amide bonds. The monoisotopic (exact) mass is 220 g/mol. The third kappa shape index (κ3) is 2.32. The van der Waals surface area contributed by atoms with E-state index >= 15 is 0 Å². The molecule has 1 aliphatic heterocycles. The lowest BCUT2D eigenvalue weighted by Crippen LogP contribution is -2.21. The van der Waals surface area contributed by atoms with E-state index < -0.39 is 0 Å². The van der Waals surface area contributed by atoms with Crippen molar-refractivity contribution >= 4 is 29.3 Å². The minimum atomic E-state index is -0.218. The van der Waals surface area contributed by atoms with E-state index in [4.69, 9.17) is 16.6 Å². The molecule has 76 valence electrons. The van der Waals surface area contributed by atoms with Gasteiger partial charge in [-0.3, -0.25) is 10.1 Å². The summed E-state index contributed by atoms with van der Waals surface area (Å²) in [4.78, 5) is 11.2. The van der Waals surface area contributed by atoms with Crippen LogP contribution < -0.4 is 10.6 Å². The largest absolute Gasteiger partial charge is 0.465 e. The quantitative estimate of drug-likeness (QED) is 0.580. The van der Waals surface area contributed by atoms with Crippen LogP contribution in [0.25, 0.3) is 6.08 Å². The molecule has 0 aliphatic carbocycles.